The molecule has 5 unspecified atom stereocenters. The minimum Gasteiger partial charge on any atom is -0.394 e. The van der Waals surface area contributed by atoms with Crippen molar-refractivity contribution >= 4 is 46.9 Å². The van der Waals surface area contributed by atoms with Crippen LogP contribution in [0.15, 0.2) is 101 Å². The van der Waals surface area contributed by atoms with Gasteiger partial charge >= 0.3 is 81.1 Å². The van der Waals surface area contributed by atoms with E-state index in [0.717, 1.165) is 66.1 Å². The molecule has 15 N–H and O–H groups in total. The molecule has 6 aliphatic heterocycles. The molecule has 24 atom stereocenters. The largest absolute Gasteiger partial charge is 0.472 e. The number of ether oxygens (including phenoxy) is 6. The molecule has 6 saturated heterocycles. The summed E-state index contributed by atoms with van der Waals surface area (Å²) in [6, 6.07) is 0.872. The molecule has 0 bridgehead atoms. The summed E-state index contributed by atoms with van der Waals surface area (Å²) < 4.78 is 181. The molecule has 0 amide bonds. The van der Waals surface area contributed by atoms with E-state index in [1.807, 2.05) is 29.9 Å². The molecular formula is C59H78N12O44P6. The van der Waals surface area contributed by atoms with Crippen LogP contribution in [0.4, 0.5) is 0 Å². The molecule has 62 heteroatoms. The highest BCUT2D eigenvalue weighted by atomic mass is 31.2. The molecule has 0 radical (unpaired) electrons. The van der Waals surface area contributed by atoms with Gasteiger partial charge in [-0.05, 0) is 34.6 Å². The highest BCUT2D eigenvalue weighted by Gasteiger charge is 2.53. The third-order valence-corrected chi connectivity index (χ3v) is 25.0. The summed E-state index contributed by atoms with van der Waals surface area (Å²) in [6.45, 7) is -0.594. The number of aliphatic hydroxyl groups is 2. The Morgan fingerprint density at radius 3 is 0.826 bits per heavy atom. The van der Waals surface area contributed by atoms with E-state index in [4.69, 9.17) is 78.2 Å². The molecule has 0 aromatic carbocycles. The Morgan fingerprint density at radius 1 is 0.347 bits per heavy atom. The van der Waals surface area contributed by atoms with Gasteiger partial charge in [0.1, 0.15) is 110 Å². The van der Waals surface area contributed by atoms with Crippen molar-refractivity contribution in [1.29, 1.82) is 0 Å². The third kappa shape index (κ3) is 22.4. The van der Waals surface area contributed by atoms with Gasteiger partial charge in [-0.15, -0.1) is 0 Å². The number of aromatic amines is 6. The molecule has 56 nitrogen and oxygen atoms in total. The van der Waals surface area contributed by atoms with Gasteiger partial charge in [0.15, 0.2) is 6.23 Å². The van der Waals surface area contributed by atoms with E-state index in [9.17, 15) is 129 Å². The number of hydrogen-bond donors (Lipinski definition) is 15. The predicted molar refractivity (Wildman–Crippen MR) is 391 cm³/mol. The van der Waals surface area contributed by atoms with E-state index in [-0.39, 0.29) is 27.8 Å². The average Bonchev–Trinajstić information content (AvgIpc) is 1.67. The van der Waals surface area contributed by atoms with Gasteiger partial charge < -0.3 is 72.9 Å². The topological polar surface area (TPSA) is 771 Å². The lowest BCUT2D eigenvalue weighted by atomic mass is 10.1. The molecular weight excluding hydrogens is 1770 g/mol. The highest BCUT2D eigenvalue weighted by Crippen LogP contribution is 2.57. The fourth-order valence-electron chi connectivity index (χ4n) is 13.5. The molecule has 668 valence electrons. The number of phosphoric acid groups is 6. The number of phosphoric ester groups is 6. The Bertz CT molecular complexity index is 5980. The molecule has 0 spiro atoms. The quantitative estimate of drug-likeness (QED) is 0.0169. The summed E-state index contributed by atoms with van der Waals surface area (Å²) in [6.07, 6.45) is -31.0. The highest BCUT2D eigenvalue weighted by molar-refractivity contribution is 7.48. The van der Waals surface area contributed by atoms with E-state index in [1.54, 1.807) is 0 Å². The molecule has 12 heterocycles. The van der Waals surface area contributed by atoms with Gasteiger partial charge in [0.2, 0.25) is 0 Å². The Morgan fingerprint density at radius 2 is 0.587 bits per heavy atom. The van der Waals surface area contributed by atoms with Crippen molar-refractivity contribution in [1.82, 2.24) is 57.3 Å². The van der Waals surface area contributed by atoms with E-state index in [0.29, 0.717) is 4.57 Å². The fraction of sp³-hybridized carbons (Fsp3) is 0.593. The smallest absolute Gasteiger partial charge is 0.394 e. The van der Waals surface area contributed by atoms with Gasteiger partial charge in [0.05, 0.1) is 39.6 Å². The summed E-state index contributed by atoms with van der Waals surface area (Å²) in [7, 11) is -33.7. The zero-order chi connectivity index (χ0) is 88.2. The zero-order valence-electron chi connectivity index (χ0n) is 63.0. The first-order valence-electron chi connectivity index (χ1n) is 35.7. The monoisotopic (exact) mass is 1840 g/mol. The van der Waals surface area contributed by atoms with Crippen LogP contribution in [0.1, 0.15) is 97.3 Å². The Balaban J connectivity index is 0.746. The van der Waals surface area contributed by atoms with Gasteiger partial charge in [-0.3, -0.25) is 136 Å². The second-order valence-electron chi connectivity index (χ2n) is 28.1. The molecule has 6 aromatic heterocycles. The van der Waals surface area contributed by atoms with E-state index in [1.165, 1.54) is 34.6 Å². The number of nitrogens with zero attached hydrogens (tertiary/aromatic N) is 6. The lowest BCUT2D eigenvalue weighted by molar-refractivity contribution is -0.0657. The summed E-state index contributed by atoms with van der Waals surface area (Å²) >= 11 is 0. The van der Waals surface area contributed by atoms with Gasteiger partial charge in [-0.2, -0.15) is 0 Å². The summed E-state index contributed by atoms with van der Waals surface area (Å²) in [5.74, 6) is 0. The molecule has 12 rings (SSSR count). The predicted octanol–water partition coefficient (Wildman–Crippen LogP) is -4.49. The van der Waals surface area contributed by atoms with Crippen LogP contribution in [-0.4, -0.2) is 221 Å². The van der Waals surface area contributed by atoms with Crippen LogP contribution in [0.2, 0.25) is 0 Å². The van der Waals surface area contributed by atoms with Crippen molar-refractivity contribution in [2.75, 3.05) is 39.6 Å². The van der Waals surface area contributed by atoms with Crippen LogP contribution < -0.4 is 67.5 Å². The number of aromatic nitrogens is 12. The number of aliphatic hydroxyl groups excluding tert-OH is 2. The molecule has 6 aliphatic rings. The van der Waals surface area contributed by atoms with Crippen molar-refractivity contribution in [2.24, 2.45) is 0 Å². The maximum absolute atomic E-state index is 14.4. The second-order valence-corrected chi connectivity index (χ2v) is 36.3. The van der Waals surface area contributed by atoms with Crippen LogP contribution in [0.5, 0.6) is 0 Å². The molecule has 0 saturated carbocycles. The van der Waals surface area contributed by atoms with E-state index < -0.39 is 303 Å². The fourth-order valence-corrected chi connectivity index (χ4v) is 18.9. The van der Waals surface area contributed by atoms with Crippen LogP contribution in [-0.2, 0) is 106 Å². The minimum absolute atomic E-state index is 0.00549. The first-order valence-corrected chi connectivity index (χ1v) is 44.7. The van der Waals surface area contributed by atoms with Crippen molar-refractivity contribution in [2.45, 2.75) is 183 Å². The second kappa shape index (κ2) is 36.5. The van der Waals surface area contributed by atoms with E-state index >= 15 is 0 Å². The van der Waals surface area contributed by atoms with Crippen molar-refractivity contribution in [3.63, 3.8) is 0 Å². The van der Waals surface area contributed by atoms with Gasteiger partial charge in [-0.1, -0.05) is 0 Å². The molecule has 6 aromatic rings. The SMILES string of the molecule is Cc1cn([C@H]2C[C@H](OP(=O)(O)O)[C@@H](COP(=O)(O)O[C@H]3C[C@H](n4cc(C)c(=O)[nH]c4=O)O[C@@H]3COP(=O)(O)O[C@H]3C[C@H](n4cc(C)c(=O)[nH]c4=O)O[C@@H]3COP(=O)(O)O[C@H]3C[C@H](n4cc(C)c(=O)[nH]c4=O)O[C@@H]3COP(=O)(O)O[C@H]3C[C@H](n4cc(C)c(=O)[nH]c4=O)O[C@@H]3COP(=O)(O)O[C@H]3[C@@H](O)[C@H](n4ccc(=O)[nH]c4=O)O[C@@H]3CO)O2)c(=O)[nH]c1=O. The number of H-pyrrole nitrogens is 6. The first-order chi connectivity index (χ1) is 56.5. The maximum atomic E-state index is 14.4. The first kappa shape index (κ1) is 92.6. The normalized spacial score (nSPS) is 30.1. The molecule has 6 fully saturated rings. The van der Waals surface area contributed by atoms with Gasteiger partial charge in [0, 0.05) is 103 Å². The van der Waals surface area contributed by atoms with Gasteiger partial charge in [-0.25, -0.2) is 56.2 Å². The Labute approximate surface area is 671 Å². The Hall–Kier alpha value is -7.58. The lowest BCUT2D eigenvalue weighted by Gasteiger charge is -2.26. The van der Waals surface area contributed by atoms with Crippen molar-refractivity contribution in [3.8, 4) is 0 Å². The zero-order valence-corrected chi connectivity index (χ0v) is 68.3. The van der Waals surface area contributed by atoms with Gasteiger partial charge in [0.25, 0.3) is 33.4 Å². The maximum Gasteiger partial charge on any atom is 0.472 e. The molecule has 121 heavy (non-hydrogen) atoms. The number of rotatable bonds is 34. The van der Waals surface area contributed by atoms with Crippen LogP contribution >= 0.6 is 46.9 Å². The van der Waals surface area contributed by atoms with Crippen molar-refractivity contribution < 1.29 is 150 Å². The average molecular weight is 1850 g/mol. The minimum atomic E-state index is -5.76. The van der Waals surface area contributed by atoms with Crippen LogP contribution in [0, 0.1) is 34.6 Å². The number of aryl methyl sites for hydroxylation is 5. The number of nitrogens with one attached hydrogen (secondary N) is 6. The summed E-state index contributed by atoms with van der Waals surface area (Å²) in [4.78, 5) is 240. The molecule has 0 aliphatic carbocycles. The summed E-state index contributed by atoms with van der Waals surface area (Å²) in [5.41, 5.74) is -12.1. The summed E-state index contributed by atoms with van der Waals surface area (Å²) in [5, 5.41) is 21.2. The third-order valence-electron chi connectivity index (χ3n) is 19.4. The number of hydrogen-bond acceptors (Lipinski definition) is 37. The van der Waals surface area contributed by atoms with Crippen molar-refractivity contribution in [3.05, 3.63) is 196 Å². The Kier molecular flexibility index (Phi) is 28.0. The standard InChI is InChI=1S/C59H78N12O44P6/c1-24-13-67(55(81)61-48(24)75)41-8-29(110-116(86,87)88)35(104-41)19-99-117(89,90)111-30-9-42(68-14-25(2)49(76)62-56(68)82)105-36(30)20-100-118(91,92)112-31-10-43(69-15-26(3)50(77)63-57(69)83)106-37(31)21-101-119(93,94)113-32-11-44(70-16-27(4)51(78)64-58(70)84)107-38(32)22-102-120(95,96)114-33-12-45(71-17-28(5)52(79)65-59(71)85)108-39(33)23-103-121(97,98)115-47-34(18-72)109-53(46(47)74)66-7-6-40(73)60-54(66)80/h6-7,13-17,29-39,41-47,53,72,74H,8-12,18-23H2,1-5H3,(H,89,90)(H,91,92)(H,93,94)(H,95,96)(H,97,98)(H,60,73,80)(H,61,75,81)(H,62,76,82)(H,63,77,83)(H,64,78,84)(H,65,79,85)(H2,86,87,88)/t29-,30-,31-,32-,33-,34+,35+,36+,37+,38+,39+,41+,42+,43+,44+,45+,46+,47+,53+/m0/s1. The van der Waals surface area contributed by atoms with Crippen LogP contribution in [0.3, 0.4) is 0 Å². The lowest BCUT2D eigenvalue weighted by Crippen LogP contribution is -2.38. The van der Waals surface area contributed by atoms with E-state index in [2.05, 4.69) is 0 Å². The van der Waals surface area contributed by atoms with Crippen LogP contribution in [0.25, 0.3) is 0 Å².